The fourth-order valence-corrected chi connectivity index (χ4v) is 4.49. The highest BCUT2D eigenvalue weighted by molar-refractivity contribution is 6.06. The van der Waals surface area contributed by atoms with Crippen molar-refractivity contribution in [2.24, 2.45) is 5.92 Å². The molecule has 1 heterocycles. The minimum Gasteiger partial charge on any atom is -0.462 e. The largest absolute Gasteiger partial charge is 0.462 e. The zero-order valence-electron chi connectivity index (χ0n) is 22.2. The molecule has 0 spiro atoms. The van der Waals surface area contributed by atoms with Crippen LogP contribution in [0, 0.1) is 5.92 Å². The van der Waals surface area contributed by atoms with E-state index in [0.717, 1.165) is 17.2 Å². The number of carbonyl (C=O) groups excluding carboxylic acids is 3. The van der Waals surface area contributed by atoms with Gasteiger partial charge in [0.2, 0.25) is 0 Å². The number of nitrogens with zero attached hydrogens (tertiary/aromatic N) is 1. The molecule has 1 atom stereocenters. The Bertz CT molecular complexity index is 1360. The highest BCUT2D eigenvalue weighted by Gasteiger charge is 2.36. The molecule has 4 amide bonds. The Balaban J connectivity index is 1.52. The standard InChI is InChI=1S/C30H34N4O4/c1-5-17-34-20(4)26(28(35)38-18-19(2)3)27(33-30(34)37)22-13-15-23(16-14-22)31-29(36)32-25-12-8-10-21-9-6-7-11-24(21)25/h6-16,19,27H,5,17-18H2,1-4H3,(H,33,37)(H2,31,32,36)/t27-/m1/s1. The molecule has 1 aliphatic rings. The monoisotopic (exact) mass is 514 g/mol. The number of esters is 1. The van der Waals surface area contributed by atoms with Crippen LogP contribution in [0.2, 0.25) is 0 Å². The molecule has 0 saturated carbocycles. The van der Waals surface area contributed by atoms with Gasteiger partial charge in [0.05, 0.1) is 23.9 Å². The first-order valence-corrected chi connectivity index (χ1v) is 12.9. The van der Waals surface area contributed by atoms with E-state index in [1.54, 1.807) is 36.1 Å². The van der Waals surface area contributed by atoms with Crippen molar-refractivity contribution in [3.63, 3.8) is 0 Å². The number of allylic oxidation sites excluding steroid dienone is 1. The first-order chi connectivity index (χ1) is 18.3. The van der Waals surface area contributed by atoms with Gasteiger partial charge in [0.1, 0.15) is 0 Å². The second-order valence-corrected chi connectivity index (χ2v) is 9.75. The smallest absolute Gasteiger partial charge is 0.338 e. The Kier molecular flexibility index (Phi) is 8.31. The molecule has 0 aromatic heterocycles. The van der Waals surface area contributed by atoms with E-state index in [2.05, 4.69) is 16.0 Å². The third-order valence-corrected chi connectivity index (χ3v) is 6.35. The summed E-state index contributed by atoms with van der Waals surface area (Å²) in [4.78, 5) is 40.3. The summed E-state index contributed by atoms with van der Waals surface area (Å²) in [6.07, 6.45) is 0.755. The SMILES string of the molecule is CCCN1C(=O)N[C@H](c2ccc(NC(=O)Nc3cccc4ccccc34)cc2)C(C(=O)OCC(C)C)=C1C. The Morgan fingerprint density at radius 3 is 2.42 bits per heavy atom. The van der Waals surface area contributed by atoms with Crippen molar-refractivity contribution < 1.29 is 19.1 Å². The van der Waals surface area contributed by atoms with Crippen LogP contribution >= 0.6 is 0 Å². The van der Waals surface area contributed by atoms with E-state index in [-0.39, 0.29) is 18.0 Å². The molecule has 0 aliphatic carbocycles. The molecule has 0 unspecified atom stereocenters. The fourth-order valence-electron chi connectivity index (χ4n) is 4.49. The van der Waals surface area contributed by atoms with Gasteiger partial charge >= 0.3 is 18.0 Å². The quantitative estimate of drug-likeness (QED) is 0.302. The third-order valence-electron chi connectivity index (χ3n) is 6.35. The number of nitrogens with one attached hydrogen (secondary N) is 3. The van der Waals surface area contributed by atoms with E-state index in [9.17, 15) is 14.4 Å². The minimum absolute atomic E-state index is 0.189. The maximum absolute atomic E-state index is 13.1. The normalized spacial score (nSPS) is 15.4. The van der Waals surface area contributed by atoms with E-state index in [0.29, 0.717) is 41.4 Å². The maximum atomic E-state index is 13.1. The molecule has 4 rings (SSSR count). The van der Waals surface area contributed by atoms with Crippen LogP contribution in [0.1, 0.15) is 45.7 Å². The summed E-state index contributed by atoms with van der Waals surface area (Å²) in [6.45, 7) is 8.49. The fraction of sp³-hybridized carbons (Fsp3) is 0.300. The molecule has 3 N–H and O–H groups in total. The van der Waals surface area contributed by atoms with Gasteiger partial charge in [-0.25, -0.2) is 14.4 Å². The summed E-state index contributed by atoms with van der Waals surface area (Å²) in [5.74, 6) is -0.257. The van der Waals surface area contributed by atoms with E-state index in [1.165, 1.54) is 0 Å². The molecule has 38 heavy (non-hydrogen) atoms. The third kappa shape index (κ3) is 5.96. The first-order valence-electron chi connectivity index (χ1n) is 12.9. The van der Waals surface area contributed by atoms with Gasteiger partial charge in [-0.1, -0.05) is 69.3 Å². The first kappa shape index (κ1) is 26.7. The molecule has 3 aromatic rings. The lowest BCUT2D eigenvalue weighted by Gasteiger charge is -2.35. The Hall–Kier alpha value is -4.33. The number of amides is 4. The molecule has 1 aliphatic heterocycles. The van der Waals surface area contributed by atoms with Crippen molar-refractivity contribution in [3.8, 4) is 0 Å². The van der Waals surface area contributed by atoms with Crippen LogP contribution < -0.4 is 16.0 Å². The summed E-state index contributed by atoms with van der Waals surface area (Å²) in [6, 6.07) is 19.4. The van der Waals surface area contributed by atoms with Crippen molar-refractivity contribution >= 4 is 40.2 Å². The van der Waals surface area contributed by atoms with Gasteiger partial charge in [-0.15, -0.1) is 0 Å². The van der Waals surface area contributed by atoms with Crippen LogP contribution in [0.3, 0.4) is 0 Å². The molecular weight excluding hydrogens is 480 g/mol. The number of urea groups is 2. The predicted octanol–water partition coefficient (Wildman–Crippen LogP) is 6.43. The number of hydrogen-bond acceptors (Lipinski definition) is 4. The van der Waals surface area contributed by atoms with Crippen molar-refractivity contribution in [3.05, 3.63) is 83.6 Å². The second-order valence-electron chi connectivity index (χ2n) is 9.75. The molecule has 0 fully saturated rings. The maximum Gasteiger partial charge on any atom is 0.338 e. The topological polar surface area (TPSA) is 99.8 Å². The van der Waals surface area contributed by atoms with Gasteiger partial charge in [-0.2, -0.15) is 0 Å². The Morgan fingerprint density at radius 2 is 1.71 bits per heavy atom. The van der Waals surface area contributed by atoms with Crippen LogP contribution in [0.4, 0.5) is 21.0 Å². The van der Waals surface area contributed by atoms with Gasteiger partial charge in [-0.05, 0) is 48.4 Å². The van der Waals surface area contributed by atoms with Crippen LogP contribution in [-0.4, -0.2) is 36.1 Å². The highest BCUT2D eigenvalue weighted by atomic mass is 16.5. The van der Waals surface area contributed by atoms with Crippen molar-refractivity contribution in [2.45, 2.75) is 40.2 Å². The Labute approximate surface area is 223 Å². The van der Waals surface area contributed by atoms with Gasteiger partial charge in [-0.3, -0.25) is 4.90 Å². The van der Waals surface area contributed by atoms with Crippen LogP contribution in [0.5, 0.6) is 0 Å². The lowest BCUT2D eigenvalue weighted by molar-refractivity contribution is -0.140. The predicted molar refractivity (Wildman–Crippen MR) is 150 cm³/mol. The number of anilines is 2. The summed E-state index contributed by atoms with van der Waals surface area (Å²) in [5, 5.41) is 10.7. The summed E-state index contributed by atoms with van der Waals surface area (Å²) in [5.41, 5.74) is 3.00. The van der Waals surface area contributed by atoms with Crippen molar-refractivity contribution in [1.82, 2.24) is 10.2 Å². The van der Waals surface area contributed by atoms with Crippen LogP contribution in [0.25, 0.3) is 10.8 Å². The second kappa shape index (κ2) is 11.8. The number of benzene rings is 3. The molecule has 0 saturated heterocycles. The van der Waals surface area contributed by atoms with Crippen molar-refractivity contribution in [2.75, 3.05) is 23.8 Å². The van der Waals surface area contributed by atoms with E-state index in [1.807, 2.05) is 63.2 Å². The molecular formula is C30H34N4O4. The highest BCUT2D eigenvalue weighted by Crippen LogP contribution is 2.32. The molecule has 8 heteroatoms. The molecule has 0 radical (unpaired) electrons. The summed E-state index contributed by atoms with van der Waals surface area (Å²) in [7, 11) is 0. The average molecular weight is 515 g/mol. The van der Waals surface area contributed by atoms with Crippen LogP contribution in [0.15, 0.2) is 78.0 Å². The summed E-state index contributed by atoms with van der Waals surface area (Å²) < 4.78 is 5.55. The van der Waals surface area contributed by atoms with Gasteiger partial charge in [0.15, 0.2) is 0 Å². The number of hydrogen-bond donors (Lipinski definition) is 3. The minimum atomic E-state index is -0.658. The molecule has 198 valence electrons. The van der Waals surface area contributed by atoms with E-state index < -0.39 is 12.0 Å². The number of fused-ring (bicyclic) bond motifs is 1. The molecule has 8 nitrogen and oxygen atoms in total. The number of rotatable bonds is 8. The number of carbonyl (C=O) groups is 3. The lowest BCUT2D eigenvalue weighted by Crippen LogP contribution is -2.48. The Morgan fingerprint density at radius 1 is 1.00 bits per heavy atom. The van der Waals surface area contributed by atoms with Gasteiger partial charge < -0.3 is 20.7 Å². The van der Waals surface area contributed by atoms with Gasteiger partial charge in [0, 0.05) is 23.3 Å². The summed E-state index contributed by atoms with van der Waals surface area (Å²) >= 11 is 0. The van der Waals surface area contributed by atoms with Crippen molar-refractivity contribution in [1.29, 1.82) is 0 Å². The molecule has 3 aromatic carbocycles. The average Bonchev–Trinajstić information content (AvgIpc) is 2.90. The zero-order valence-corrected chi connectivity index (χ0v) is 22.2. The zero-order chi connectivity index (χ0) is 27.2. The van der Waals surface area contributed by atoms with E-state index >= 15 is 0 Å². The van der Waals surface area contributed by atoms with Crippen LogP contribution in [-0.2, 0) is 9.53 Å². The molecule has 0 bridgehead atoms. The van der Waals surface area contributed by atoms with Gasteiger partial charge in [0.25, 0.3) is 0 Å². The van der Waals surface area contributed by atoms with E-state index in [4.69, 9.17) is 4.74 Å². The lowest BCUT2D eigenvalue weighted by atomic mass is 9.94. The number of ether oxygens (including phenoxy) is 1.